The first-order chi connectivity index (χ1) is 14.2. The number of nitrogens with one attached hydrogen (secondary N) is 1. The monoisotopic (exact) mass is 446 g/mol. The van der Waals surface area contributed by atoms with E-state index >= 15 is 0 Å². The van der Waals surface area contributed by atoms with Gasteiger partial charge in [-0.2, -0.15) is 4.31 Å². The fourth-order valence-electron chi connectivity index (χ4n) is 2.89. The SMILES string of the molecule is Cc1cccc(CN(CC(=O)Nc2ccc(F)cc2)S(=O)(=O)c2ccc(Cl)cc2)c1. The van der Waals surface area contributed by atoms with Gasteiger partial charge in [-0.3, -0.25) is 4.79 Å². The molecule has 0 fully saturated rings. The average Bonchev–Trinajstić information content (AvgIpc) is 2.69. The van der Waals surface area contributed by atoms with Gasteiger partial charge in [-0.25, -0.2) is 12.8 Å². The molecule has 0 radical (unpaired) electrons. The van der Waals surface area contributed by atoms with E-state index in [-0.39, 0.29) is 11.4 Å². The van der Waals surface area contributed by atoms with E-state index < -0.39 is 28.3 Å². The summed E-state index contributed by atoms with van der Waals surface area (Å²) in [6.07, 6.45) is 0. The number of rotatable bonds is 7. The van der Waals surface area contributed by atoms with Crippen molar-refractivity contribution in [2.75, 3.05) is 11.9 Å². The topological polar surface area (TPSA) is 66.5 Å². The van der Waals surface area contributed by atoms with Crippen LogP contribution in [0.2, 0.25) is 5.02 Å². The highest BCUT2D eigenvalue weighted by atomic mass is 35.5. The van der Waals surface area contributed by atoms with Gasteiger partial charge >= 0.3 is 0 Å². The molecule has 8 heteroatoms. The molecule has 0 aliphatic rings. The minimum Gasteiger partial charge on any atom is -0.325 e. The van der Waals surface area contributed by atoms with E-state index in [4.69, 9.17) is 11.6 Å². The third-order valence-electron chi connectivity index (χ3n) is 4.34. The van der Waals surface area contributed by atoms with Crippen LogP contribution in [0.3, 0.4) is 0 Å². The minimum atomic E-state index is -3.97. The molecule has 3 rings (SSSR count). The number of nitrogens with zero attached hydrogens (tertiary/aromatic N) is 1. The summed E-state index contributed by atoms with van der Waals surface area (Å²) in [4.78, 5) is 12.6. The molecule has 30 heavy (non-hydrogen) atoms. The van der Waals surface area contributed by atoms with Crippen LogP contribution < -0.4 is 5.32 Å². The van der Waals surface area contributed by atoms with Gasteiger partial charge in [-0.15, -0.1) is 0 Å². The van der Waals surface area contributed by atoms with Crippen LogP contribution in [0, 0.1) is 12.7 Å². The van der Waals surface area contributed by atoms with E-state index in [0.29, 0.717) is 10.7 Å². The molecule has 0 aliphatic carbocycles. The lowest BCUT2D eigenvalue weighted by Crippen LogP contribution is -2.37. The van der Waals surface area contributed by atoms with Crippen molar-refractivity contribution in [3.8, 4) is 0 Å². The largest absolute Gasteiger partial charge is 0.325 e. The lowest BCUT2D eigenvalue weighted by Gasteiger charge is -2.22. The third-order valence-corrected chi connectivity index (χ3v) is 6.40. The van der Waals surface area contributed by atoms with Gasteiger partial charge < -0.3 is 5.32 Å². The van der Waals surface area contributed by atoms with Gasteiger partial charge in [0.25, 0.3) is 0 Å². The summed E-state index contributed by atoms with van der Waals surface area (Å²) in [5, 5.41) is 3.01. The smallest absolute Gasteiger partial charge is 0.243 e. The lowest BCUT2D eigenvalue weighted by atomic mass is 10.1. The van der Waals surface area contributed by atoms with Crippen molar-refractivity contribution in [1.29, 1.82) is 0 Å². The Morgan fingerprint density at radius 3 is 2.33 bits per heavy atom. The van der Waals surface area contributed by atoms with Crippen LogP contribution in [-0.2, 0) is 21.4 Å². The molecule has 1 amide bonds. The Morgan fingerprint density at radius 1 is 1.03 bits per heavy atom. The zero-order chi connectivity index (χ0) is 21.7. The van der Waals surface area contributed by atoms with Crippen LogP contribution in [0.1, 0.15) is 11.1 Å². The molecular formula is C22H20ClFN2O3S. The molecule has 0 saturated heterocycles. The Hall–Kier alpha value is -2.74. The predicted octanol–water partition coefficient (Wildman–Crippen LogP) is 4.62. The summed E-state index contributed by atoms with van der Waals surface area (Å²) in [5.74, 6) is -0.966. The number of aryl methyl sites for hydroxylation is 1. The summed E-state index contributed by atoms with van der Waals surface area (Å²) >= 11 is 5.87. The average molecular weight is 447 g/mol. The summed E-state index contributed by atoms with van der Waals surface area (Å²) in [6.45, 7) is 1.52. The van der Waals surface area contributed by atoms with Crippen molar-refractivity contribution < 1.29 is 17.6 Å². The van der Waals surface area contributed by atoms with Gasteiger partial charge in [0, 0.05) is 17.3 Å². The first-order valence-corrected chi connectivity index (χ1v) is 10.9. The molecule has 3 aromatic carbocycles. The molecule has 1 N–H and O–H groups in total. The van der Waals surface area contributed by atoms with Gasteiger partial charge in [0.15, 0.2) is 0 Å². The van der Waals surface area contributed by atoms with Gasteiger partial charge in [-0.05, 0) is 61.0 Å². The van der Waals surface area contributed by atoms with Crippen LogP contribution in [0.5, 0.6) is 0 Å². The molecule has 0 heterocycles. The fraction of sp³-hybridized carbons (Fsp3) is 0.136. The van der Waals surface area contributed by atoms with Gasteiger partial charge in [0.05, 0.1) is 11.4 Å². The van der Waals surface area contributed by atoms with Crippen molar-refractivity contribution in [1.82, 2.24) is 4.31 Å². The standard InChI is InChI=1S/C22H20ClFN2O3S/c1-16-3-2-4-17(13-16)14-26(30(28,29)21-11-5-18(23)6-12-21)15-22(27)25-20-9-7-19(24)8-10-20/h2-13H,14-15H2,1H3,(H,25,27). The second-order valence-electron chi connectivity index (χ2n) is 6.77. The maximum Gasteiger partial charge on any atom is 0.243 e. The molecule has 3 aromatic rings. The first-order valence-electron chi connectivity index (χ1n) is 9.11. The lowest BCUT2D eigenvalue weighted by molar-refractivity contribution is -0.116. The van der Waals surface area contributed by atoms with Gasteiger partial charge in [-0.1, -0.05) is 41.4 Å². The van der Waals surface area contributed by atoms with Crippen LogP contribution in [0.4, 0.5) is 10.1 Å². The molecule has 0 aliphatic heterocycles. The number of sulfonamides is 1. The maximum atomic E-state index is 13.2. The predicted molar refractivity (Wildman–Crippen MR) is 115 cm³/mol. The molecule has 0 spiro atoms. The first kappa shape index (κ1) is 22.0. The normalized spacial score (nSPS) is 11.5. The number of halogens is 2. The second-order valence-corrected chi connectivity index (χ2v) is 9.15. The van der Waals surface area contributed by atoms with Crippen molar-refractivity contribution >= 4 is 33.2 Å². The van der Waals surface area contributed by atoms with E-state index in [1.165, 1.54) is 48.5 Å². The van der Waals surface area contributed by atoms with E-state index in [1.54, 1.807) is 6.07 Å². The number of carbonyl (C=O) groups is 1. The van der Waals surface area contributed by atoms with E-state index in [2.05, 4.69) is 5.32 Å². The molecule has 0 bridgehead atoms. The Balaban J connectivity index is 1.87. The fourth-order valence-corrected chi connectivity index (χ4v) is 4.40. The zero-order valence-corrected chi connectivity index (χ0v) is 17.8. The molecule has 156 valence electrons. The highest BCUT2D eigenvalue weighted by Gasteiger charge is 2.27. The Morgan fingerprint density at radius 2 is 1.70 bits per heavy atom. The number of hydrogen-bond acceptors (Lipinski definition) is 3. The quantitative estimate of drug-likeness (QED) is 0.576. The molecule has 5 nitrogen and oxygen atoms in total. The second kappa shape index (κ2) is 9.38. The third kappa shape index (κ3) is 5.66. The van der Waals surface area contributed by atoms with Crippen LogP contribution in [-0.4, -0.2) is 25.2 Å². The molecule has 0 atom stereocenters. The van der Waals surface area contributed by atoms with Crippen molar-refractivity contribution in [2.45, 2.75) is 18.4 Å². The van der Waals surface area contributed by atoms with Crippen molar-refractivity contribution in [3.63, 3.8) is 0 Å². The number of hydrogen-bond donors (Lipinski definition) is 1. The van der Waals surface area contributed by atoms with Crippen molar-refractivity contribution in [2.24, 2.45) is 0 Å². The van der Waals surface area contributed by atoms with Gasteiger partial charge in [0.2, 0.25) is 15.9 Å². The Labute approximate surface area is 180 Å². The summed E-state index contributed by atoms with van der Waals surface area (Å²) in [5.41, 5.74) is 2.11. The highest BCUT2D eigenvalue weighted by Crippen LogP contribution is 2.21. The van der Waals surface area contributed by atoms with E-state index in [9.17, 15) is 17.6 Å². The van der Waals surface area contributed by atoms with Crippen LogP contribution in [0.15, 0.2) is 77.7 Å². The Bertz CT molecular complexity index is 1130. The summed E-state index contributed by atoms with van der Waals surface area (Å²) < 4.78 is 40.6. The highest BCUT2D eigenvalue weighted by molar-refractivity contribution is 7.89. The van der Waals surface area contributed by atoms with Crippen LogP contribution in [0.25, 0.3) is 0 Å². The molecular weight excluding hydrogens is 427 g/mol. The Kier molecular flexibility index (Phi) is 6.87. The molecule has 0 unspecified atom stereocenters. The van der Waals surface area contributed by atoms with Gasteiger partial charge in [0.1, 0.15) is 5.82 Å². The number of benzene rings is 3. The molecule has 0 saturated carbocycles. The number of carbonyl (C=O) groups excluding carboxylic acids is 1. The van der Waals surface area contributed by atoms with E-state index in [1.807, 2.05) is 25.1 Å². The van der Waals surface area contributed by atoms with E-state index in [0.717, 1.165) is 15.4 Å². The number of anilines is 1. The van der Waals surface area contributed by atoms with Crippen molar-refractivity contribution in [3.05, 3.63) is 94.8 Å². The maximum absolute atomic E-state index is 13.2. The summed E-state index contributed by atoms with van der Waals surface area (Å²) in [6, 6.07) is 18.4. The number of amides is 1. The summed E-state index contributed by atoms with van der Waals surface area (Å²) in [7, 11) is -3.97. The minimum absolute atomic E-state index is 0.0173. The zero-order valence-electron chi connectivity index (χ0n) is 16.2. The van der Waals surface area contributed by atoms with Crippen LogP contribution >= 0.6 is 11.6 Å². The molecule has 0 aromatic heterocycles.